The Bertz CT molecular complexity index is 1100. The summed E-state index contributed by atoms with van der Waals surface area (Å²) < 4.78 is 0. The fraction of sp³-hybridized carbons (Fsp3) is 0.462. The minimum atomic E-state index is -0.896. The first-order valence-corrected chi connectivity index (χ1v) is 11.7. The maximum absolute atomic E-state index is 14.2. The van der Waals surface area contributed by atoms with E-state index < -0.39 is 17.0 Å². The van der Waals surface area contributed by atoms with Gasteiger partial charge in [0.15, 0.2) is 0 Å². The lowest BCUT2D eigenvalue weighted by Gasteiger charge is -2.45. The summed E-state index contributed by atoms with van der Waals surface area (Å²) in [6.07, 6.45) is 1.16. The Balaban J connectivity index is 1.46. The summed E-state index contributed by atoms with van der Waals surface area (Å²) in [7, 11) is 0. The Morgan fingerprint density at radius 3 is 2.38 bits per heavy atom. The Morgan fingerprint density at radius 1 is 1.06 bits per heavy atom. The molecule has 0 aromatic heterocycles. The predicted molar refractivity (Wildman–Crippen MR) is 124 cm³/mol. The molecule has 2 atom stereocenters. The van der Waals surface area contributed by atoms with E-state index in [1.165, 1.54) is 11.1 Å². The topological polar surface area (TPSA) is 60.9 Å². The molecular weight excluding hydrogens is 424 g/mol. The summed E-state index contributed by atoms with van der Waals surface area (Å²) in [5.74, 6) is 0.355. The third-order valence-corrected chi connectivity index (χ3v) is 7.80. The van der Waals surface area contributed by atoms with Crippen LogP contribution in [-0.4, -0.2) is 51.6 Å². The lowest BCUT2D eigenvalue weighted by molar-refractivity contribution is -0.137. The molecule has 3 aliphatic rings. The number of carboxylic acid groups (broad SMARTS) is 1. The van der Waals surface area contributed by atoms with Gasteiger partial charge in [-0.25, -0.2) is 4.79 Å². The van der Waals surface area contributed by atoms with E-state index >= 15 is 0 Å². The van der Waals surface area contributed by atoms with Crippen molar-refractivity contribution in [3.63, 3.8) is 0 Å². The summed E-state index contributed by atoms with van der Waals surface area (Å²) in [5, 5.41) is 10.4. The van der Waals surface area contributed by atoms with Gasteiger partial charge in [-0.1, -0.05) is 41.9 Å². The van der Waals surface area contributed by atoms with Gasteiger partial charge in [0.05, 0.1) is 0 Å². The lowest BCUT2D eigenvalue weighted by atomic mass is 9.74. The van der Waals surface area contributed by atoms with Crippen molar-refractivity contribution < 1.29 is 14.7 Å². The normalized spacial score (nSPS) is 24.2. The van der Waals surface area contributed by atoms with Crippen molar-refractivity contribution in [2.24, 2.45) is 0 Å². The van der Waals surface area contributed by atoms with Gasteiger partial charge in [-0.05, 0) is 74.4 Å². The van der Waals surface area contributed by atoms with Crippen LogP contribution < -0.4 is 0 Å². The number of hydrogen-bond acceptors (Lipinski definition) is 2. The maximum Gasteiger partial charge on any atom is 0.407 e. The van der Waals surface area contributed by atoms with Gasteiger partial charge in [-0.2, -0.15) is 0 Å². The smallest absolute Gasteiger partial charge is 0.407 e. The van der Waals surface area contributed by atoms with E-state index in [0.717, 1.165) is 17.5 Å². The molecule has 2 aliphatic carbocycles. The molecule has 6 heteroatoms. The first-order chi connectivity index (χ1) is 15.1. The number of carbonyl (C=O) groups is 2. The molecule has 1 N–H and O–H groups in total. The van der Waals surface area contributed by atoms with Gasteiger partial charge < -0.3 is 14.9 Å². The number of benzene rings is 2. The number of piperidine rings is 1. The third kappa shape index (κ3) is 2.97. The Hall–Kier alpha value is -2.53. The van der Waals surface area contributed by atoms with Crippen LogP contribution in [0.25, 0.3) is 0 Å². The molecule has 0 spiro atoms. The Kier molecular flexibility index (Phi) is 4.82. The van der Waals surface area contributed by atoms with Crippen molar-refractivity contribution in [1.82, 2.24) is 9.80 Å². The first-order valence-electron chi connectivity index (χ1n) is 11.4. The number of hydrogen-bond donors (Lipinski definition) is 1. The van der Waals surface area contributed by atoms with Crippen molar-refractivity contribution in [1.29, 1.82) is 0 Å². The van der Waals surface area contributed by atoms with Crippen LogP contribution in [0.2, 0.25) is 5.02 Å². The van der Waals surface area contributed by atoms with E-state index in [2.05, 4.69) is 18.2 Å². The highest BCUT2D eigenvalue weighted by Gasteiger charge is 2.58. The Morgan fingerprint density at radius 2 is 1.72 bits per heavy atom. The molecular formula is C26H29ClN2O3. The number of amides is 2. The SMILES string of the molecule is CC(C)(C)N(C(=O)O)C1CCN(C(=O)[C@@]23C[C@H](c4ccccc42)c2ccc(Cl)cc23)CC1. The van der Waals surface area contributed by atoms with Crippen LogP contribution in [0.5, 0.6) is 0 Å². The van der Waals surface area contributed by atoms with Crippen LogP contribution in [0.15, 0.2) is 42.5 Å². The van der Waals surface area contributed by atoms with Crippen LogP contribution in [0.4, 0.5) is 4.79 Å². The molecule has 0 saturated carbocycles. The molecule has 32 heavy (non-hydrogen) atoms. The second-order valence-electron chi connectivity index (χ2n) is 10.3. The molecule has 168 valence electrons. The van der Waals surface area contributed by atoms with Crippen molar-refractivity contribution in [3.05, 3.63) is 69.7 Å². The second-order valence-corrected chi connectivity index (χ2v) is 10.8. The minimum absolute atomic E-state index is 0.0806. The number of rotatable bonds is 2. The molecule has 2 amide bonds. The molecule has 1 fully saturated rings. The number of nitrogens with zero attached hydrogens (tertiary/aromatic N) is 2. The lowest BCUT2D eigenvalue weighted by Crippen LogP contribution is -2.56. The molecule has 5 rings (SSSR count). The third-order valence-electron chi connectivity index (χ3n) is 7.57. The minimum Gasteiger partial charge on any atom is -0.465 e. The fourth-order valence-corrected chi connectivity index (χ4v) is 6.53. The highest BCUT2D eigenvalue weighted by molar-refractivity contribution is 6.30. The summed E-state index contributed by atoms with van der Waals surface area (Å²) in [4.78, 5) is 29.6. The average molecular weight is 453 g/mol. The van der Waals surface area contributed by atoms with Crippen molar-refractivity contribution in [2.75, 3.05) is 13.1 Å². The van der Waals surface area contributed by atoms with E-state index in [0.29, 0.717) is 31.0 Å². The molecule has 2 aromatic rings. The van der Waals surface area contributed by atoms with Gasteiger partial charge in [-0.15, -0.1) is 0 Å². The Labute approximate surface area is 194 Å². The predicted octanol–water partition coefficient (Wildman–Crippen LogP) is 5.24. The van der Waals surface area contributed by atoms with E-state index in [9.17, 15) is 14.7 Å². The number of carbonyl (C=O) groups excluding carboxylic acids is 1. The zero-order valence-corrected chi connectivity index (χ0v) is 19.5. The summed E-state index contributed by atoms with van der Waals surface area (Å²) >= 11 is 6.38. The summed E-state index contributed by atoms with van der Waals surface area (Å²) in [6.45, 7) is 6.90. The number of halogens is 1. The molecule has 0 radical (unpaired) electrons. The van der Waals surface area contributed by atoms with Gasteiger partial charge in [0.1, 0.15) is 5.41 Å². The van der Waals surface area contributed by atoms with E-state index in [4.69, 9.17) is 11.6 Å². The van der Waals surface area contributed by atoms with Gasteiger partial charge in [0, 0.05) is 35.6 Å². The van der Waals surface area contributed by atoms with Gasteiger partial charge >= 0.3 is 6.09 Å². The van der Waals surface area contributed by atoms with Gasteiger partial charge in [0.2, 0.25) is 5.91 Å². The molecule has 2 aromatic carbocycles. The summed E-state index contributed by atoms with van der Waals surface area (Å²) in [6, 6.07) is 14.2. The van der Waals surface area contributed by atoms with Crippen LogP contribution in [-0.2, 0) is 10.2 Å². The molecule has 5 nitrogen and oxygen atoms in total. The van der Waals surface area contributed by atoms with E-state index in [1.807, 2.05) is 49.9 Å². The molecule has 1 heterocycles. The molecule has 0 unspecified atom stereocenters. The second kappa shape index (κ2) is 7.24. The van der Waals surface area contributed by atoms with Gasteiger partial charge in [0.25, 0.3) is 0 Å². The zero-order valence-electron chi connectivity index (χ0n) is 18.8. The first kappa shape index (κ1) is 21.3. The molecule has 2 bridgehead atoms. The highest BCUT2D eigenvalue weighted by atomic mass is 35.5. The van der Waals surface area contributed by atoms with E-state index in [-0.39, 0.29) is 17.9 Å². The number of fused-ring (bicyclic) bond motifs is 8. The largest absolute Gasteiger partial charge is 0.465 e. The van der Waals surface area contributed by atoms with Crippen molar-refractivity contribution in [2.45, 2.75) is 62.9 Å². The van der Waals surface area contributed by atoms with Crippen LogP contribution >= 0.6 is 11.6 Å². The molecule has 1 saturated heterocycles. The maximum atomic E-state index is 14.2. The van der Waals surface area contributed by atoms with Crippen molar-refractivity contribution >= 4 is 23.6 Å². The van der Waals surface area contributed by atoms with Crippen LogP contribution in [0.3, 0.4) is 0 Å². The van der Waals surface area contributed by atoms with Crippen molar-refractivity contribution in [3.8, 4) is 0 Å². The monoisotopic (exact) mass is 452 g/mol. The average Bonchev–Trinajstić information content (AvgIpc) is 3.26. The van der Waals surface area contributed by atoms with Gasteiger partial charge in [-0.3, -0.25) is 4.79 Å². The van der Waals surface area contributed by atoms with Crippen LogP contribution in [0, 0.1) is 0 Å². The fourth-order valence-electron chi connectivity index (χ4n) is 6.36. The summed E-state index contributed by atoms with van der Waals surface area (Å²) in [5.41, 5.74) is 3.44. The standard InChI is InChI=1S/C26H29ClN2O3/c1-25(2,3)29(24(31)32)17-10-12-28(13-11-17)23(30)26-15-20(18-6-4-5-7-21(18)26)19-9-8-16(27)14-22(19)26/h4-9,14,17,20H,10-13,15H2,1-3H3,(H,31,32)/t20-,26+/m1/s1. The zero-order chi connectivity index (χ0) is 22.8. The quantitative estimate of drug-likeness (QED) is 0.677. The van der Waals surface area contributed by atoms with E-state index in [1.54, 1.807) is 4.90 Å². The highest BCUT2D eigenvalue weighted by Crippen LogP contribution is 2.61. The number of likely N-dealkylation sites (tertiary alicyclic amines) is 1. The molecule has 1 aliphatic heterocycles. The van der Waals surface area contributed by atoms with Crippen LogP contribution in [0.1, 0.15) is 68.2 Å².